The van der Waals surface area contributed by atoms with Gasteiger partial charge >= 0.3 is 0 Å². The van der Waals surface area contributed by atoms with Crippen LogP contribution in [0.3, 0.4) is 0 Å². The second-order valence-corrected chi connectivity index (χ2v) is 6.76. The van der Waals surface area contributed by atoms with Gasteiger partial charge in [-0.05, 0) is 54.6 Å². The Bertz CT molecular complexity index is 334. The summed E-state index contributed by atoms with van der Waals surface area (Å²) in [5.74, 6) is 0.777. The fourth-order valence-corrected chi connectivity index (χ4v) is 3.43. The smallest absolute Gasteiger partial charge is 0.0245 e. The quantitative estimate of drug-likeness (QED) is 0.899. The van der Waals surface area contributed by atoms with Crippen molar-refractivity contribution in [3.8, 4) is 0 Å². The Morgan fingerprint density at radius 2 is 2.33 bits per heavy atom. The third-order valence-corrected chi connectivity index (χ3v) is 4.53. The first-order valence-corrected chi connectivity index (χ1v) is 8.08. The van der Waals surface area contributed by atoms with Crippen molar-refractivity contribution < 1.29 is 0 Å². The molecule has 0 aliphatic carbocycles. The van der Waals surface area contributed by atoms with Crippen molar-refractivity contribution in [2.24, 2.45) is 5.92 Å². The Morgan fingerprint density at radius 1 is 1.50 bits per heavy atom. The van der Waals surface area contributed by atoms with Gasteiger partial charge in [0.1, 0.15) is 0 Å². The summed E-state index contributed by atoms with van der Waals surface area (Å²) in [6.45, 7) is 10.5. The summed E-state index contributed by atoms with van der Waals surface area (Å²) in [6, 6.07) is 3.61. The molecule has 18 heavy (non-hydrogen) atoms. The van der Waals surface area contributed by atoms with E-state index in [4.69, 9.17) is 0 Å². The zero-order valence-corrected chi connectivity index (χ0v) is 12.7. The van der Waals surface area contributed by atoms with Crippen molar-refractivity contribution in [3.05, 3.63) is 22.4 Å². The van der Waals surface area contributed by atoms with E-state index < -0.39 is 0 Å². The lowest BCUT2D eigenvalue weighted by atomic mass is 10.0. The molecule has 0 bridgehead atoms. The van der Waals surface area contributed by atoms with E-state index in [-0.39, 0.29) is 0 Å². The van der Waals surface area contributed by atoms with Crippen molar-refractivity contribution in [2.75, 3.05) is 13.1 Å². The van der Waals surface area contributed by atoms with Crippen LogP contribution in [0.5, 0.6) is 0 Å². The molecule has 0 amide bonds. The molecule has 3 heteroatoms. The van der Waals surface area contributed by atoms with Gasteiger partial charge in [-0.1, -0.05) is 13.8 Å². The van der Waals surface area contributed by atoms with Gasteiger partial charge in [0.05, 0.1) is 0 Å². The Kier molecular flexibility index (Phi) is 5.22. The highest BCUT2D eigenvalue weighted by Gasteiger charge is 2.23. The maximum atomic E-state index is 3.71. The van der Waals surface area contributed by atoms with Gasteiger partial charge in [0.15, 0.2) is 0 Å². The summed E-state index contributed by atoms with van der Waals surface area (Å²) in [5, 5.41) is 8.18. The molecule has 1 fully saturated rings. The van der Waals surface area contributed by atoms with E-state index in [1.54, 1.807) is 11.3 Å². The van der Waals surface area contributed by atoms with Crippen molar-refractivity contribution >= 4 is 11.3 Å². The van der Waals surface area contributed by atoms with Gasteiger partial charge in [-0.3, -0.25) is 4.90 Å². The predicted molar refractivity (Wildman–Crippen MR) is 80.1 cm³/mol. The Hall–Kier alpha value is -0.380. The molecular weight excluding hydrogens is 240 g/mol. The van der Waals surface area contributed by atoms with Gasteiger partial charge < -0.3 is 5.32 Å². The molecule has 1 aliphatic rings. The topological polar surface area (TPSA) is 15.3 Å². The van der Waals surface area contributed by atoms with Gasteiger partial charge in [0.25, 0.3) is 0 Å². The molecule has 2 atom stereocenters. The van der Waals surface area contributed by atoms with E-state index in [1.165, 1.54) is 31.5 Å². The van der Waals surface area contributed by atoms with Crippen LogP contribution in [0.25, 0.3) is 0 Å². The van der Waals surface area contributed by atoms with Gasteiger partial charge in [0, 0.05) is 25.2 Å². The summed E-state index contributed by atoms with van der Waals surface area (Å²) in [6.07, 6.45) is 2.55. The van der Waals surface area contributed by atoms with Gasteiger partial charge in [-0.15, -0.1) is 0 Å². The first-order valence-electron chi connectivity index (χ1n) is 7.13. The summed E-state index contributed by atoms with van der Waals surface area (Å²) in [4.78, 5) is 2.65. The molecule has 0 aromatic carbocycles. The largest absolute Gasteiger partial charge is 0.313 e. The zero-order chi connectivity index (χ0) is 13.0. The molecule has 1 saturated heterocycles. The lowest BCUT2D eigenvalue weighted by molar-refractivity contribution is 0.190. The Balaban J connectivity index is 1.96. The monoisotopic (exact) mass is 266 g/mol. The third-order valence-electron chi connectivity index (χ3n) is 3.80. The Morgan fingerprint density at radius 3 is 3.00 bits per heavy atom. The van der Waals surface area contributed by atoms with Crippen LogP contribution in [-0.2, 0) is 6.54 Å². The van der Waals surface area contributed by atoms with Crippen LogP contribution in [-0.4, -0.2) is 30.1 Å². The molecule has 102 valence electrons. The number of nitrogens with zero attached hydrogens (tertiary/aromatic N) is 1. The zero-order valence-electron chi connectivity index (χ0n) is 11.9. The molecule has 1 aliphatic heterocycles. The van der Waals surface area contributed by atoms with E-state index in [1.807, 2.05) is 0 Å². The van der Waals surface area contributed by atoms with Crippen molar-refractivity contribution in [3.63, 3.8) is 0 Å². The second kappa shape index (κ2) is 6.69. The lowest BCUT2D eigenvalue weighted by Crippen LogP contribution is -2.40. The number of rotatable bonds is 4. The molecule has 2 rings (SSSR count). The van der Waals surface area contributed by atoms with E-state index in [0.717, 1.165) is 12.5 Å². The van der Waals surface area contributed by atoms with Crippen LogP contribution >= 0.6 is 11.3 Å². The molecule has 0 saturated carbocycles. The molecular formula is C15H26N2S. The number of nitrogens with one attached hydrogen (secondary N) is 1. The average Bonchev–Trinajstić information content (AvgIpc) is 2.73. The maximum absolute atomic E-state index is 3.71. The van der Waals surface area contributed by atoms with Crippen LogP contribution in [0.15, 0.2) is 16.8 Å². The minimum absolute atomic E-state index is 0.661. The van der Waals surface area contributed by atoms with Gasteiger partial charge in [-0.25, -0.2) is 0 Å². The summed E-state index contributed by atoms with van der Waals surface area (Å²) >= 11 is 1.80. The number of thiophene rings is 1. The summed E-state index contributed by atoms with van der Waals surface area (Å²) in [7, 11) is 0. The first kappa shape index (κ1) is 14.0. The second-order valence-electron chi connectivity index (χ2n) is 5.98. The van der Waals surface area contributed by atoms with Crippen LogP contribution in [0.1, 0.15) is 39.2 Å². The molecule has 1 aromatic rings. The molecule has 0 spiro atoms. The van der Waals surface area contributed by atoms with Crippen LogP contribution in [0.4, 0.5) is 0 Å². The van der Waals surface area contributed by atoms with Gasteiger partial charge in [-0.2, -0.15) is 11.3 Å². The first-order chi connectivity index (χ1) is 8.65. The van der Waals surface area contributed by atoms with Crippen LogP contribution in [0, 0.1) is 5.92 Å². The minimum Gasteiger partial charge on any atom is -0.313 e. The van der Waals surface area contributed by atoms with E-state index in [2.05, 4.69) is 47.8 Å². The van der Waals surface area contributed by atoms with Gasteiger partial charge in [0.2, 0.25) is 0 Å². The molecule has 2 nitrogen and oxygen atoms in total. The molecule has 2 unspecified atom stereocenters. The van der Waals surface area contributed by atoms with E-state index in [0.29, 0.717) is 12.1 Å². The summed E-state index contributed by atoms with van der Waals surface area (Å²) < 4.78 is 0. The highest BCUT2D eigenvalue weighted by molar-refractivity contribution is 7.07. The van der Waals surface area contributed by atoms with Crippen molar-refractivity contribution in [1.29, 1.82) is 0 Å². The Labute approximate surface area is 115 Å². The normalized spacial score (nSPS) is 26.4. The van der Waals surface area contributed by atoms with Crippen LogP contribution in [0.2, 0.25) is 0 Å². The summed E-state index contributed by atoms with van der Waals surface area (Å²) in [5.41, 5.74) is 1.47. The highest BCUT2D eigenvalue weighted by atomic mass is 32.1. The SMILES string of the molecule is CC(C)CC1CN(Cc2ccsc2)C(C)CCN1. The molecule has 1 aromatic heterocycles. The highest BCUT2D eigenvalue weighted by Crippen LogP contribution is 2.18. The number of hydrogen-bond donors (Lipinski definition) is 1. The van der Waals surface area contributed by atoms with Crippen molar-refractivity contribution in [1.82, 2.24) is 10.2 Å². The molecule has 2 heterocycles. The standard InChI is InChI=1S/C15H26N2S/c1-12(2)8-15-10-17(13(3)4-6-16-15)9-14-5-7-18-11-14/h5,7,11-13,15-16H,4,6,8-10H2,1-3H3. The maximum Gasteiger partial charge on any atom is 0.0245 e. The van der Waals surface area contributed by atoms with Crippen molar-refractivity contribution in [2.45, 2.75) is 52.2 Å². The minimum atomic E-state index is 0.661. The van der Waals surface area contributed by atoms with Crippen LogP contribution < -0.4 is 5.32 Å². The van der Waals surface area contributed by atoms with E-state index >= 15 is 0 Å². The lowest BCUT2D eigenvalue weighted by Gasteiger charge is -2.29. The average molecular weight is 266 g/mol. The predicted octanol–water partition coefficient (Wildman–Crippen LogP) is 3.35. The third kappa shape index (κ3) is 4.08. The number of hydrogen-bond acceptors (Lipinski definition) is 3. The fraction of sp³-hybridized carbons (Fsp3) is 0.733. The van der Waals surface area contributed by atoms with E-state index in [9.17, 15) is 0 Å². The fourth-order valence-electron chi connectivity index (χ4n) is 2.77. The molecule has 1 N–H and O–H groups in total. The molecule has 0 radical (unpaired) electrons.